The number of carbonyl (C=O) groups is 1. The molecule has 0 radical (unpaired) electrons. The van der Waals surface area contributed by atoms with Gasteiger partial charge in [0, 0.05) is 11.6 Å². The Bertz CT molecular complexity index is 820. The molecular weight excluding hydrogens is 300 g/mol. The fraction of sp³-hybridized carbons (Fsp3) is 0.0588. The zero-order valence-electron chi connectivity index (χ0n) is 11.6. The average Bonchev–Trinajstić information content (AvgIpc) is 2.55. The van der Waals surface area contributed by atoms with Crippen molar-refractivity contribution < 1.29 is 9.53 Å². The zero-order chi connectivity index (χ0) is 15.4. The van der Waals surface area contributed by atoms with Crippen molar-refractivity contribution in [2.75, 3.05) is 11.9 Å². The van der Waals surface area contributed by atoms with E-state index in [0.717, 1.165) is 10.9 Å². The number of halogens is 1. The first kappa shape index (κ1) is 14.4. The van der Waals surface area contributed by atoms with Gasteiger partial charge in [0.2, 0.25) is 0 Å². The van der Waals surface area contributed by atoms with E-state index >= 15 is 0 Å². The van der Waals surface area contributed by atoms with Crippen molar-refractivity contribution in [2.45, 2.75) is 0 Å². The van der Waals surface area contributed by atoms with Crippen molar-refractivity contribution in [3.8, 4) is 5.75 Å². The minimum Gasteiger partial charge on any atom is -0.484 e. The number of anilines is 1. The molecule has 22 heavy (non-hydrogen) atoms. The maximum absolute atomic E-state index is 11.9. The first-order valence-corrected chi connectivity index (χ1v) is 7.12. The number of aromatic nitrogens is 1. The van der Waals surface area contributed by atoms with Crippen LogP contribution in [0.1, 0.15) is 0 Å². The van der Waals surface area contributed by atoms with Crippen LogP contribution in [0.4, 0.5) is 5.69 Å². The Morgan fingerprint density at radius 1 is 1.14 bits per heavy atom. The molecule has 2 aromatic carbocycles. The maximum Gasteiger partial charge on any atom is 0.262 e. The number of nitrogens with zero attached hydrogens (tertiary/aromatic N) is 1. The van der Waals surface area contributed by atoms with Crippen LogP contribution < -0.4 is 10.1 Å². The molecular formula is C17H13ClN2O2. The van der Waals surface area contributed by atoms with E-state index < -0.39 is 0 Å². The number of hydrogen-bond donors (Lipinski definition) is 1. The normalized spacial score (nSPS) is 10.4. The van der Waals surface area contributed by atoms with E-state index in [0.29, 0.717) is 16.5 Å². The summed E-state index contributed by atoms with van der Waals surface area (Å²) in [6.07, 6.45) is 1.74. The number of pyridine rings is 1. The van der Waals surface area contributed by atoms with Crippen LogP contribution in [-0.2, 0) is 4.79 Å². The molecule has 110 valence electrons. The molecule has 1 amide bonds. The van der Waals surface area contributed by atoms with E-state index in [1.165, 1.54) is 0 Å². The highest BCUT2D eigenvalue weighted by Crippen LogP contribution is 2.21. The minimum absolute atomic E-state index is 0.0863. The molecule has 1 aromatic heterocycles. The van der Waals surface area contributed by atoms with E-state index in [2.05, 4.69) is 10.3 Å². The van der Waals surface area contributed by atoms with Gasteiger partial charge in [-0.1, -0.05) is 29.8 Å². The number of benzene rings is 2. The molecule has 0 fully saturated rings. The predicted molar refractivity (Wildman–Crippen MR) is 87.3 cm³/mol. The molecule has 3 rings (SSSR count). The molecule has 1 heterocycles. The Morgan fingerprint density at radius 3 is 2.86 bits per heavy atom. The molecule has 0 unspecified atom stereocenters. The molecule has 1 N–H and O–H groups in total. The van der Waals surface area contributed by atoms with Crippen LogP contribution in [0.25, 0.3) is 10.9 Å². The lowest BCUT2D eigenvalue weighted by atomic mass is 10.2. The lowest BCUT2D eigenvalue weighted by Gasteiger charge is -2.09. The summed E-state index contributed by atoms with van der Waals surface area (Å²) < 4.78 is 5.51. The van der Waals surface area contributed by atoms with Gasteiger partial charge in [-0.3, -0.25) is 9.78 Å². The van der Waals surface area contributed by atoms with Gasteiger partial charge in [0.05, 0.1) is 16.2 Å². The Balaban J connectivity index is 1.63. The van der Waals surface area contributed by atoms with Crippen LogP contribution in [-0.4, -0.2) is 17.5 Å². The number of hydrogen-bond acceptors (Lipinski definition) is 3. The molecule has 4 nitrogen and oxygen atoms in total. The van der Waals surface area contributed by atoms with Gasteiger partial charge in [-0.25, -0.2) is 0 Å². The number of carbonyl (C=O) groups excluding carboxylic acids is 1. The van der Waals surface area contributed by atoms with Crippen LogP contribution in [0.2, 0.25) is 5.02 Å². The van der Waals surface area contributed by atoms with Crippen LogP contribution >= 0.6 is 11.6 Å². The number of amides is 1. The van der Waals surface area contributed by atoms with Gasteiger partial charge in [0.15, 0.2) is 6.61 Å². The van der Waals surface area contributed by atoms with Crippen LogP contribution in [0.5, 0.6) is 5.75 Å². The summed E-state index contributed by atoms with van der Waals surface area (Å²) in [6, 6.07) is 16.4. The Morgan fingerprint density at radius 2 is 2.00 bits per heavy atom. The molecule has 0 spiro atoms. The highest BCUT2D eigenvalue weighted by Gasteiger charge is 2.06. The summed E-state index contributed by atoms with van der Waals surface area (Å²) in [7, 11) is 0. The summed E-state index contributed by atoms with van der Waals surface area (Å²) >= 11 is 5.99. The van der Waals surface area contributed by atoms with Crippen molar-refractivity contribution in [3.05, 3.63) is 65.8 Å². The summed E-state index contributed by atoms with van der Waals surface area (Å²) in [5.41, 5.74) is 1.45. The molecule has 0 aliphatic heterocycles. The molecule has 0 saturated carbocycles. The second kappa shape index (κ2) is 6.45. The number of para-hydroxylation sites is 1. The number of ether oxygens (including phenoxy) is 1. The van der Waals surface area contributed by atoms with Crippen molar-refractivity contribution in [3.63, 3.8) is 0 Å². The molecule has 0 aliphatic carbocycles. The molecule has 0 saturated heterocycles. The van der Waals surface area contributed by atoms with Crippen molar-refractivity contribution >= 4 is 34.1 Å². The largest absolute Gasteiger partial charge is 0.484 e. The van der Waals surface area contributed by atoms with E-state index in [1.54, 1.807) is 36.5 Å². The first-order valence-electron chi connectivity index (χ1n) is 6.74. The Labute approximate surface area is 132 Å². The molecule has 5 heteroatoms. The van der Waals surface area contributed by atoms with Gasteiger partial charge in [-0.2, -0.15) is 0 Å². The fourth-order valence-corrected chi connectivity index (χ4v) is 2.22. The molecule has 0 aliphatic rings. The van der Waals surface area contributed by atoms with E-state index in [-0.39, 0.29) is 12.5 Å². The monoisotopic (exact) mass is 312 g/mol. The van der Waals surface area contributed by atoms with Gasteiger partial charge in [-0.15, -0.1) is 0 Å². The van der Waals surface area contributed by atoms with Crippen molar-refractivity contribution in [1.29, 1.82) is 0 Å². The second-order valence-corrected chi connectivity index (χ2v) is 5.08. The van der Waals surface area contributed by atoms with Crippen LogP contribution in [0, 0.1) is 0 Å². The van der Waals surface area contributed by atoms with E-state index in [4.69, 9.17) is 16.3 Å². The topological polar surface area (TPSA) is 51.2 Å². The van der Waals surface area contributed by atoms with Gasteiger partial charge < -0.3 is 10.1 Å². The summed E-state index contributed by atoms with van der Waals surface area (Å²) in [4.78, 5) is 16.1. The molecule has 3 aromatic rings. The lowest BCUT2D eigenvalue weighted by molar-refractivity contribution is -0.118. The third-order valence-corrected chi connectivity index (χ3v) is 3.42. The van der Waals surface area contributed by atoms with Crippen molar-refractivity contribution in [1.82, 2.24) is 4.98 Å². The SMILES string of the molecule is O=C(COc1ccc2ncccc2c1)Nc1ccccc1Cl. The lowest BCUT2D eigenvalue weighted by Crippen LogP contribution is -2.20. The van der Waals surface area contributed by atoms with Gasteiger partial charge in [0.25, 0.3) is 5.91 Å². The fourth-order valence-electron chi connectivity index (χ4n) is 2.04. The standard InChI is InChI=1S/C17H13ClN2O2/c18-14-5-1-2-6-16(14)20-17(21)11-22-13-7-8-15-12(10-13)4-3-9-19-15/h1-10H,11H2,(H,20,21). The number of fused-ring (bicyclic) bond motifs is 1. The quantitative estimate of drug-likeness (QED) is 0.794. The highest BCUT2D eigenvalue weighted by atomic mass is 35.5. The minimum atomic E-state index is -0.264. The third-order valence-electron chi connectivity index (χ3n) is 3.09. The smallest absolute Gasteiger partial charge is 0.262 e. The first-order chi connectivity index (χ1) is 10.7. The third kappa shape index (κ3) is 3.35. The van der Waals surface area contributed by atoms with E-state index in [1.807, 2.05) is 24.3 Å². The Hall–Kier alpha value is -2.59. The number of nitrogens with one attached hydrogen (secondary N) is 1. The second-order valence-electron chi connectivity index (χ2n) is 4.67. The zero-order valence-corrected chi connectivity index (χ0v) is 12.4. The highest BCUT2D eigenvalue weighted by molar-refractivity contribution is 6.33. The van der Waals surface area contributed by atoms with Crippen LogP contribution in [0.3, 0.4) is 0 Å². The van der Waals surface area contributed by atoms with Crippen molar-refractivity contribution in [2.24, 2.45) is 0 Å². The molecule has 0 atom stereocenters. The summed E-state index contributed by atoms with van der Waals surface area (Å²) in [5.74, 6) is 0.356. The average molecular weight is 313 g/mol. The Kier molecular flexibility index (Phi) is 4.21. The van der Waals surface area contributed by atoms with Gasteiger partial charge in [-0.05, 0) is 36.4 Å². The van der Waals surface area contributed by atoms with Gasteiger partial charge in [0.1, 0.15) is 5.75 Å². The predicted octanol–water partition coefficient (Wildman–Crippen LogP) is 3.91. The van der Waals surface area contributed by atoms with Crippen LogP contribution in [0.15, 0.2) is 60.8 Å². The molecule has 0 bridgehead atoms. The summed E-state index contributed by atoms with van der Waals surface area (Å²) in [6.45, 7) is -0.0863. The maximum atomic E-state index is 11.9. The van der Waals surface area contributed by atoms with Gasteiger partial charge >= 0.3 is 0 Å². The summed E-state index contributed by atoms with van der Waals surface area (Å²) in [5, 5.41) is 4.17. The number of rotatable bonds is 4. The van der Waals surface area contributed by atoms with E-state index in [9.17, 15) is 4.79 Å².